The van der Waals surface area contributed by atoms with E-state index in [2.05, 4.69) is 10.3 Å². The number of hydrogen-bond acceptors (Lipinski definition) is 6. The number of aryl methyl sites for hydroxylation is 1. The van der Waals surface area contributed by atoms with E-state index in [0.717, 1.165) is 21.4 Å². The van der Waals surface area contributed by atoms with Crippen molar-refractivity contribution in [3.05, 3.63) is 96.6 Å². The molecule has 1 N–H and O–H groups in total. The van der Waals surface area contributed by atoms with Gasteiger partial charge >= 0.3 is 0 Å². The highest BCUT2D eigenvalue weighted by molar-refractivity contribution is 7.92. The average molecular weight is 519 g/mol. The number of nitrogens with zero attached hydrogens (tertiary/aromatic N) is 3. The maximum atomic E-state index is 13.6. The number of nitrogens with one attached hydrogen (secondary N) is 1. The van der Waals surface area contributed by atoms with Crippen LogP contribution < -0.4 is 19.1 Å². The van der Waals surface area contributed by atoms with Crippen molar-refractivity contribution >= 4 is 21.6 Å². The van der Waals surface area contributed by atoms with E-state index in [1.807, 2.05) is 42.0 Å². The Kier molecular flexibility index (Phi) is 6.82. The summed E-state index contributed by atoms with van der Waals surface area (Å²) in [6.45, 7) is 2.56. The number of sulfonamides is 1. The van der Waals surface area contributed by atoms with Crippen LogP contribution in [0.25, 0.3) is 5.69 Å². The van der Waals surface area contributed by atoms with Crippen molar-refractivity contribution in [1.82, 2.24) is 14.9 Å². The monoisotopic (exact) mass is 518 g/mol. The van der Waals surface area contributed by atoms with Crippen molar-refractivity contribution in [3.8, 4) is 17.2 Å². The molecule has 3 aromatic carbocycles. The molecule has 9 nitrogen and oxygen atoms in total. The molecule has 4 aromatic rings. The van der Waals surface area contributed by atoms with Crippen LogP contribution in [-0.4, -0.2) is 43.6 Å². The van der Waals surface area contributed by atoms with E-state index < -0.39 is 22.5 Å². The van der Waals surface area contributed by atoms with Crippen LogP contribution in [0.15, 0.2) is 90.1 Å². The number of benzene rings is 3. The van der Waals surface area contributed by atoms with Crippen molar-refractivity contribution in [2.75, 3.05) is 24.1 Å². The number of fused-ring (bicyclic) bond motifs is 1. The molecule has 1 amide bonds. The van der Waals surface area contributed by atoms with Crippen molar-refractivity contribution in [3.63, 3.8) is 0 Å². The first-order valence-electron chi connectivity index (χ1n) is 11.8. The van der Waals surface area contributed by atoms with Crippen LogP contribution in [-0.2, 0) is 21.4 Å². The van der Waals surface area contributed by atoms with Gasteiger partial charge in [-0.25, -0.2) is 13.4 Å². The molecule has 0 radical (unpaired) electrons. The second-order valence-corrected chi connectivity index (χ2v) is 10.3. The van der Waals surface area contributed by atoms with Crippen LogP contribution in [0.3, 0.4) is 0 Å². The van der Waals surface area contributed by atoms with Crippen LogP contribution in [0, 0.1) is 6.92 Å². The Morgan fingerprint density at radius 3 is 2.43 bits per heavy atom. The third-order valence-corrected chi connectivity index (χ3v) is 7.75. The van der Waals surface area contributed by atoms with E-state index in [4.69, 9.17) is 9.47 Å². The first-order chi connectivity index (χ1) is 17.9. The van der Waals surface area contributed by atoms with Gasteiger partial charge in [-0.1, -0.05) is 30.3 Å². The Bertz CT molecular complexity index is 1500. The molecule has 0 atom stereocenters. The normalized spacial score (nSPS) is 12.7. The predicted molar refractivity (Wildman–Crippen MR) is 139 cm³/mol. The van der Waals surface area contributed by atoms with Gasteiger partial charge < -0.3 is 19.4 Å². The van der Waals surface area contributed by atoms with Gasteiger partial charge in [0.2, 0.25) is 5.91 Å². The van der Waals surface area contributed by atoms with Crippen LogP contribution in [0.4, 0.5) is 5.69 Å². The maximum absolute atomic E-state index is 13.6. The molecule has 0 unspecified atom stereocenters. The topological polar surface area (TPSA) is 103 Å². The number of anilines is 1. The Labute approximate surface area is 215 Å². The van der Waals surface area contributed by atoms with Gasteiger partial charge in [0.15, 0.2) is 11.5 Å². The standard InChI is InChI=1S/C27H26N4O5S/c1-20-28-13-14-30(20)22-9-7-21(8-10-22)18-29-27(32)19-31(37(33,34)24-5-3-2-4-6-24)23-11-12-25-26(17-23)36-16-15-35-25/h2-14,17H,15-16,18-19H2,1H3,(H,29,32). The Morgan fingerprint density at radius 2 is 1.73 bits per heavy atom. The molecule has 5 rings (SSSR count). The van der Waals surface area contributed by atoms with Gasteiger partial charge in [-0.3, -0.25) is 9.10 Å². The smallest absolute Gasteiger partial charge is 0.264 e. The minimum absolute atomic E-state index is 0.0862. The summed E-state index contributed by atoms with van der Waals surface area (Å²) in [5.41, 5.74) is 2.15. The summed E-state index contributed by atoms with van der Waals surface area (Å²) in [4.78, 5) is 17.3. The van der Waals surface area contributed by atoms with Crippen molar-refractivity contribution in [2.45, 2.75) is 18.4 Å². The first-order valence-corrected chi connectivity index (χ1v) is 13.2. The minimum Gasteiger partial charge on any atom is -0.486 e. The highest BCUT2D eigenvalue weighted by Crippen LogP contribution is 2.35. The summed E-state index contributed by atoms with van der Waals surface area (Å²) in [6.07, 6.45) is 3.62. The molecule has 0 aliphatic carbocycles. The summed E-state index contributed by atoms with van der Waals surface area (Å²) in [5, 5.41) is 2.83. The van der Waals surface area contributed by atoms with Gasteiger partial charge in [0.25, 0.3) is 10.0 Å². The van der Waals surface area contributed by atoms with Gasteiger partial charge in [0.05, 0.1) is 10.6 Å². The largest absolute Gasteiger partial charge is 0.486 e. The number of ether oxygens (including phenoxy) is 2. The van der Waals surface area contributed by atoms with E-state index in [9.17, 15) is 13.2 Å². The maximum Gasteiger partial charge on any atom is 0.264 e. The number of aromatic nitrogens is 2. The molecule has 0 bridgehead atoms. The van der Waals surface area contributed by atoms with Crippen LogP contribution >= 0.6 is 0 Å². The molecule has 2 heterocycles. The molecule has 1 aliphatic heterocycles. The number of rotatable bonds is 8. The Hall–Kier alpha value is -4.31. The quantitative estimate of drug-likeness (QED) is 0.383. The molecule has 190 valence electrons. The van der Waals surface area contributed by atoms with Gasteiger partial charge in [-0.2, -0.15) is 0 Å². The van der Waals surface area contributed by atoms with E-state index in [-0.39, 0.29) is 11.4 Å². The third kappa shape index (κ3) is 5.29. The second kappa shape index (κ2) is 10.4. The average Bonchev–Trinajstić information content (AvgIpc) is 3.36. The van der Waals surface area contributed by atoms with E-state index in [1.54, 1.807) is 42.6 Å². The zero-order valence-corrected chi connectivity index (χ0v) is 21.0. The van der Waals surface area contributed by atoms with Gasteiger partial charge in [-0.05, 0) is 48.9 Å². The molecule has 0 spiro atoms. The number of imidazole rings is 1. The molecule has 0 saturated carbocycles. The number of hydrogen-bond donors (Lipinski definition) is 1. The first kappa shape index (κ1) is 24.4. The highest BCUT2D eigenvalue weighted by atomic mass is 32.2. The molecule has 0 saturated heterocycles. The van der Waals surface area contributed by atoms with E-state index in [1.165, 1.54) is 12.1 Å². The second-order valence-electron chi connectivity index (χ2n) is 8.44. The van der Waals surface area contributed by atoms with Gasteiger partial charge in [0.1, 0.15) is 25.6 Å². The number of carbonyl (C=O) groups is 1. The fourth-order valence-corrected chi connectivity index (χ4v) is 5.47. The van der Waals surface area contributed by atoms with Crippen LogP contribution in [0.5, 0.6) is 11.5 Å². The lowest BCUT2D eigenvalue weighted by molar-refractivity contribution is -0.119. The Balaban J connectivity index is 1.34. The summed E-state index contributed by atoms with van der Waals surface area (Å²) in [7, 11) is -4.03. The lowest BCUT2D eigenvalue weighted by atomic mass is 10.2. The van der Waals surface area contributed by atoms with Crippen molar-refractivity contribution in [2.24, 2.45) is 0 Å². The minimum atomic E-state index is -4.03. The molecule has 1 aliphatic rings. The van der Waals surface area contributed by atoms with E-state index >= 15 is 0 Å². The molecular weight excluding hydrogens is 492 g/mol. The SMILES string of the molecule is Cc1nccn1-c1ccc(CNC(=O)CN(c2ccc3c(c2)OCCO3)S(=O)(=O)c2ccccc2)cc1. The fourth-order valence-electron chi connectivity index (χ4n) is 4.03. The molecule has 10 heteroatoms. The summed E-state index contributed by atoms with van der Waals surface area (Å²) < 4.78 is 41.3. The summed E-state index contributed by atoms with van der Waals surface area (Å²) >= 11 is 0. The number of carbonyl (C=O) groups excluding carboxylic acids is 1. The van der Waals surface area contributed by atoms with Crippen molar-refractivity contribution in [1.29, 1.82) is 0 Å². The van der Waals surface area contributed by atoms with E-state index in [0.29, 0.717) is 30.4 Å². The fraction of sp³-hybridized carbons (Fsp3) is 0.185. The molecular formula is C27H26N4O5S. The predicted octanol–water partition coefficient (Wildman–Crippen LogP) is 3.46. The lowest BCUT2D eigenvalue weighted by Gasteiger charge is -2.26. The van der Waals surface area contributed by atoms with Crippen molar-refractivity contribution < 1.29 is 22.7 Å². The molecule has 0 fully saturated rings. The third-order valence-electron chi connectivity index (χ3n) is 5.96. The lowest BCUT2D eigenvalue weighted by Crippen LogP contribution is -2.40. The van der Waals surface area contributed by atoms with Crippen LogP contribution in [0.1, 0.15) is 11.4 Å². The molecule has 1 aromatic heterocycles. The number of amides is 1. The zero-order valence-electron chi connectivity index (χ0n) is 20.2. The van der Waals surface area contributed by atoms with Gasteiger partial charge in [-0.15, -0.1) is 0 Å². The summed E-state index contributed by atoms with van der Waals surface area (Å²) in [6, 6.07) is 20.6. The van der Waals surface area contributed by atoms with Gasteiger partial charge in [0, 0.05) is 30.7 Å². The highest BCUT2D eigenvalue weighted by Gasteiger charge is 2.28. The zero-order chi connectivity index (χ0) is 25.8. The molecule has 37 heavy (non-hydrogen) atoms. The summed E-state index contributed by atoms with van der Waals surface area (Å²) in [5.74, 6) is 1.40. The van der Waals surface area contributed by atoms with Crippen LogP contribution in [0.2, 0.25) is 0 Å². The Morgan fingerprint density at radius 1 is 1.00 bits per heavy atom.